The maximum atomic E-state index is 11.7. The Morgan fingerprint density at radius 1 is 1.43 bits per heavy atom. The minimum Gasteiger partial charge on any atom is -0.356 e. The van der Waals surface area contributed by atoms with Gasteiger partial charge in [0, 0.05) is 36.6 Å². The minimum absolute atomic E-state index is 0.0226. The van der Waals surface area contributed by atoms with Crippen LogP contribution in [0.15, 0.2) is 16.0 Å². The molecule has 1 saturated carbocycles. The van der Waals surface area contributed by atoms with Gasteiger partial charge in [0.15, 0.2) is 15.7 Å². The first kappa shape index (κ1) is 14.2. The van der Waals surface area contributed by atoms with Crippen LogP contribution < -0.4 is 5.32 Å². The van der Waals surface area contributed by atoms with Crippen molar-refractivity contribution in [1.82, 2.24) is 15.5 Å². The molecule has 1 aliphatic heterocycles. The van der Waals surface area contributed by atoms with Crippen molar-refractivity contribution in [2.45, 2.75) is 31.6 Å². The summed E-state index contributed by atoms with van der Waals surface area (Å²) in [5.74, 6) is 1.38. The quantitative estimate of drug-likeness (QED) is 0.823. The Morgan fingerprint density at radius 3 is 2.90 bits per heavy atom. The molecular formula is C13H17N3O4S. The maximum absolute atomic E-state index is 11.7. The molecule has 0 aromatic carbocycles. The molecule has 21 heavy (non-hydrogen) atoms. The number of nitrogens with one attached hydrogen (secondary N) is 1. The molecule has 114 valence electrons. The molecule has 1 aromatic rings. The fraction of sp³-hybridized carbons (Fsp3) is 0.615. The zero-order chi connectivity index (χ0) is 14.9. The number of carbonyl (C=O) groups excluding carboxylic acids is 1. The van der Waals surface area contributed by atoms with Crippen LogP contribution in [0.5, 0.6) is 0 Å². The lowest BCUT2D eigenvalue weighted by atomic mass is 10.1. The van der Waals surface area contributed by atoms with Gasteiger partial charge >= 0.3 is 0 Å². The van der Waals surface area contributed by atoms with E-state index < -0.39 is 9.84 Å². The van der Waals surface area contributed by atoms with Crippen molar-refractivity contribution in [3.8, 4) is 0 Å². The highest BCUT2D eigenvalue weighted by atomic mass is 32.2. The van der Waals surface area contributed by atoms with E-state index in [0.29, 0.717) is 24.8 Å². The number of carbonyl (C=O) groups is 1. The maximum Gasteiger partial charge on any atom is 0.228 e. The molecule has 0 unspecified atom stereocenters. The van der Waals surface area contributed by atoms with Crippen molar-refractivity contribution in [3.63, 3.8) is 0 Å². The summed E-state index contributed by atoms with van der Waals surface area (Å²) in [6, 6.07) is 0. The highest BCUT2D eigenvalue weighted by Crippen LogP contribution is 2.38. The summed E-state index contributed by atoms with van der Waals surface area (Å²) in [7, 11) is -3.10. The second kappa shape index (κ2) is 5.59. The van der Waals surface area contributed by atoms with Gasteiger partial charge in [-0.2, -0.15) is 4.98 Å². The van der Waals surface area contributed by atoms with E-state index >= 15 is 0 Å². The van der Waals surface area contributed by atoms with E-state index in [-0.39, 0.29) is 24.0 Å². The molecule has 0 radical (unpaired) electrons. The lowest BCUT2D eigenvalue weighted by Crippen LogP contribution is -2.28. The predicted octanol–water partition coefficient (Wildman–Crippen LogP) is 0.554. The number of allylic oxidation sites excluding steroid dienone is 1. The third-order valence-corrected chi connectivity index (χ3v) is 5.00. The first-order valence-electron chi connectivity index (χ1n) is 7.02. The molecule has 7 nitrogen and oxygen atoms in total. The van der Waals surface area contributed by atoms with Crippen LogP contribution in [0.3, 0.4) is 0 Å². The average molecular weight is 311 g/mol. The normalized spacial score (nSPS) is 23.3. The Morgan fingerprint density at radius 2 is 2.24 bits per heavy atom. The van der Waals surface area contributed by atoms with E-state index in [4.69, 9.17) is 4.52 Å². The van der Waals surface area contributed by atoms with E-state index in [1.165, 1.54) is 5.41 Å². The van der Waals surface area contributed by atoms with Crippen LogP contribution in [0, 0.1) is 5.92 Å². The third-order valence-electron chi connectivity index (χ3n) is 3.54. The van der Waals surface area contributed by atoms with Crippen molar-refractivity contribution in [2.24, 2.45) is 5.92 Å². The average Bonchev–Trinajstić information content (AvgIpc) is 3.06. The number of rotatable bonds is 6. The van der Waals surface area contributed by atoms with E-state index in [9.17, 15) is 13.2 Å². The van der Waals surface area contributed by atoms with Crippen LogP contribution in [0.25, 0.3) is 0 Å². The van der Waals surface area contributed by atoms with Crippen LogP contribution >= 0.6 is 0 Å². The molecule has 0 spiro atoms. The van der Waals surface area contributed by atoms with Crippen molar-refractivity contribution >= 4 is 15.7 Å². The Balaban J connectivity index is 1.38. The van der Waals surface area contributed by atoms with Gasteiger partial charge in [-0.05, 0) is 12.8 Å². The number of sulfone groups is 1. The molecule has 8 heteroatoms. The van der Waals surface area contributed by atoms with Crippen molar-refractivity contribution in [1.29, 1.82) is 0 Å². The molecule has 1 fully saturated rings. The molecule has 1 amide bonds. The van der Waals surface area contributed by atoms with Crippen LogP contribution in [-0.4, -0.2) is 36.8 Å². The van der Waals surface area contributed by atoms with Gasteiger partial charge in [-0.25, -0.2) is 8.42 Å². The first-order chi connectivity index (χ1) is 10.0. The Hall–Kier alpha value is -1.70. The summed E-state index contributed by atoms with van der Waals surface area (Å²) in [6.45, 7) is 0.411. The number of aromatic nitrogens is 2. The number of nitrogens with zero attached hydrogens (tertiary/aromatic N) is 2. The van der Waals surface area contributed by atoms with Gasteiger partial charge in [0.1, 0.15) is 0 Å². The van der Waals surface area contributed by atoms with Gasteiger partial charge in [0.2, 0.25) is 11.8 Å². The minimum atomic E-state index is -3.10. The Labute approximate surface area is 122 Å². The first-order valence-corrected chi connectivity index (χ1v) is 8.73. The van der Waals surface area contributed by atoms with Crippen molar-refractivity contribution in [2.75, 3.05) is 12.3 Å². The fourth-order valence-electron chi connectivity index (χ4n) is 2.26. The molecule has 0 saturated heterocycles. The number of hydrogen-bond donors (Lipinski definition) is 1. The highest BCUT2D eigenvalue weighted by Gasteiger charge is 2.28. The van der Waals surface area contributed by atoms with Crippen molar-refractivity contribution in [3.05, 3.63) is 23.2 Å². The SMILES string of the molecule is O=C(C[C@H]1C=CS(=O)(=O)C1)NCCc1nc(C2CC2)no1. The van der Waals surface area contributed by atoms with Gasteiger partial charge in [-0.1, -0.05) is 11.2 Å². The van der Waals surface area contributed by atoms with Gasteiger partial charge < -0.3 is 9.84 Å². The van der Waals surface area contributed by atoms with E-state index in [2.05, 4.69) is 15.5 Å². The molecule has 3 rings (SSSR count). The zero-order valence-corrected chi connectivity index (χ0v) is 12.3. The zero-order valence-electron chi connectivity index (χ0n) is 11.5. The summed E-state index contributed by atoms with van der Waals surface area (Å²) >= 11 is 0. The number of amides is 1. The van der Waals surface area contributed by atoms with Crippen molar-refractivity contribution < 1.29 is 17.7 Å². The van der Waals surface area contributed by atoms with Gasteiger partial charge in [-0.3, -0.25) is 4.79 Å². The summed E-state index contributed by atoms with van der Waals surface area (Å²) < 4.78 is 27.6. The Bertz CT molecular complexity index is 661. The summed E-state index contributed by atoms with van der Waals surface area (Å²) in [6.07, 6.45) is 4.49. The summed E-state index contributed by atoms with van der Waals surface area (Å²) in [5.41, 5.74) is 0. The molecular weight excluding hydrogens is 294 g/mol. The van der Waals surface area contributed by atoms with Gasteiger partial charge in [-0.15, -0.1) is 0 Å². The molecule has 0 bridgehead atoms. The van der Waals surface area contributed by atoms with E-state index in [1.807, 2.05) is 0 Å². The number of hydrogen-bond acceptors (Lipinski definition) is 6. The molecule has 2 heterocycles. The highest BCUT2D eigenvalue weighted by molar-refractivity contribution is 7.94. The molecule has 1 atom stereocenters. The van der Waals surface area contributed by atoms with Crippen LogP contribution in [0.2, 0.25) is 0 Å². The fourth-order valence-corrected chi connectivity index (χ4v) is 3.66. The standard InChI is InChI=1S/C13H17N3O4S/c17-11(7-9-4-6-21(18,19)8-9)14-5-3-12-15-13(16-20-12)10-1-2-10/h4,6,9-10H,1-3,5,7-8H2,(H,14,17)/t9-/m1/s1. The molecule has 1 N–H and O–H groups in total. The lowest BCUT2D eigenvalue weighted by molar-refractivity contribution is -0.121. The van der Waals surface area contributed by atoms with Crippen LogP contribution in [0.4, 0.5) is 0 Å². The Kier molecular flexibility index (Phi) is 3.79. The van der Waals surface area contributed by atoms with E-state index in [0.717, 1.165) is 18.7 Å². The molecule has 1 aliphatic carbocycles. The second-order valence-electron chi connectivity index (χ2n) is 5.54. The topological polar surface area (TPSA) is 102 Å². The molecule has 1 aromatic heterocycles. The van der Waals surface area contributed by atoms with Crippen LogP contribution in [-0.2, 0) is 21.1 Å². The van der Waals surface area contributed by atoms with E-state index in [1.54, 1.807) is 6.08 Å². The summed E-state index contributed by atoms with van der Waals surface area (Å²) in [4.78, 5) is 16.0. The lowest BCUT2D eigenvalue weighted by Gasteiger charge is -2.06. The smallest absolute Gasteiger partial charge is 0.228 e. The summed E-state index contributed by atoms with van der Waals surface area (Å²) in [5, 5.41) is 7.83. The van der Waals surface area contributed by atoms with Crippen LogP contribution in [0.1, 0.15) is 36.9 Å². The molecule has 2 aliphatic rings. The van der Waals surface area contributed by atoms with Gasteiger partial charge in [0.05, 0.1) is 5.75 Å². The monoisotopic (exact) mass is 311 g/mol. The predicted molar refractivity (Wildman–Crippen MR) is 74.0 cm³/mol. The largest absolute Gasteiger partial charge is 0.356 e. The third kappa shape index (κ3) is 3.90. The second-order valence-corrected chi connectivity index (χ2v) is 7.47. The van der Waals surface area contributed by atoms with Gasteiger partial charge in [0.25, 0.3) is 0 Å².